The van der Waals surface area contributed by atoms with Gasteiger partial charge in [0.05, 0.1) is 21.8 Å². The first-order valence-corrected chi connectivity index (χ1v) is 15.7. The Morgan fingerprint density at radius 1 is 1.05 bits per heavy atom. The Labute approximate surface area is 260 Å². The number of aromatic nitrogens is 2. The molecule has 0 radical (unpaired) electrons. The van der Waals surface area contributed by atoms with Gasteiger partial charge in [0, 0.05) is 37.1 Å². The molecule has 1 saturated heterocycles. The first-order chi connectivity index (χ1) is 20.5. The number of carbonyl (C=O) groups excluding carboxylic acids is 1. The summed E-state index contributed by atoms with van der Waals surface area (Å²) < 4.78 is 67.3. The summed E-state index contributed by atoms with van der Waals surface area (Å²) in [5.41, 5.74) is -2.40. The molecule has 0 bridgehead atoms. The summed E-state index contributed by atoms with van der Waals surface area (Å²) in [5.74, 6) is -1.57. The normalized spacial score (nSPS) is 14.7. The van der Waals surface area contributed by atoms with Crippen molar-refractivity contribution in [3.63, 3.8) is 0 Å². The third-order valence-electron chi connectivity index (χ3n) is 6.29. The molecule has 0 spiro atoms. The lowest BCUT2D eigenvalue weighted by Gasteiger charge is -2.35. The van der Waals surface area contributed by atoms with Crippen molar-refractivity contribution in [2.24, 2.45) is 0 Å². The summed E-state index contributed by atoms with van der Waals surface area (Å²) in [7, 11) is -4.15. The second-order valence-corrected chi connectivity index (χ2v) is 13.9. The molecule has 1 amide bonds. The number of hydrogen-bond donors (Lipinski definition) is 0. The number of piperazine rings is 1. The summed E-state index contributed by atoms with van der Waals surface area (Å²) in [6.07, 6.45) is 2.48. The molecule has 14 heteroatoms. The number of ether oxygens (including phenoxy) is 1. The number of rotatable bonds is 9. The van der Waals surface area contributed by atoms with E-state index in [1.807, 2.05) is 4.90 Å². The Morgan fingerprint density at radius 3 is 2.27 bits per heavy atom. The van der Waals surface area contributed by atoms with Crippen LogP contribution in [0.5, 0.6) is 5.75 Å². The zero-order valence-corrected chi connectivity index (χ0v) is 27.2. The van der Waals surface area contributed by atoms with Gasteiger partial charge < -0.3 is 14.5 Å². The topological polar surface area (TPSA) is 103 Å². The number of carbonyl (C=O) groups is 1. The molecular formula is C30H36ClF2N4O6P. The average molecular weight is 653 g/mol. The van der Waals surface area contributed by atoms with Crippen LogP contribution in [0.15, 0.2) is 43.2 Å². The Kier molecular flexibility index (Phi) is 10.0. The molecular weight excluding hydrogens is 617 g/mol. The van der Waals surface area contributed by atoms with Gasteiger partial charge in [0.1, 0.15) is 29.2 Å². The molecule has 0 atom stereocenters. The highest BCUT2D eigenvalue weighted by Crippen LogP contribution is 2.55. The second kappa shape index (κ2) is 13.1. The highest BCUT2D eigenvalue weighted by molar-refractivity contribution is 7.48. The van der Waals surface area contributed by atoms with Crippen molar-refractivity contribution in [3.8, 4) is 16.9 Å². The third kappa shape index (κ3) is 7.92. The summed E-state index contributed by atoms with van der Waals surface area (Å²) >= 11 is 6.62. The zero-order valence-electron chi connectivity index (χ0n) is 25.5. The summed E-state index contributed by atoms with van der Waals surface area (Å²) in [6, 6.07) is 5.38. The van der Waals surface area contributed by atoms with E-state index < -0.39 is 37.5 Å². The molecule has 1 fully saturated rings. The van der Waals surface area contributed by atoms with E-state index in [2.05, 4.69) is 16.5 Å². The number of phosphoric ester groups is 1. The van der Waals surface area contributed by atoms with Crippen LogP contribution < -0.4 is 9.64 Å². The predicted molar refractivity (Wildman–Crippen MR) is 165 cm³/mol. The summed E-state index contributed by atoms with van der Waals surface area (Å²) in [5, 5.41) is 0.212. The molecule has 0 N–H and O–H groups in total. The van der Waals surface area contributed by atoms with Crippen molar-refractivity contribution in [1.82, 2.24) is 14.9 Å². The molecule has 0 saturated carbocycles. The minimum Gasteiger partial charge on any atom is -0.466 e. The smallest absolute Gasteiger partial charge is 0.466 e. The van der Waals surface area contributed by atoms with Gasteiger partial charge in [0.25, 0.3) is 0 Å². The molecule has 4 rings (SSSR count). The van der Waals surface area contributed by atoms with Crippen molar-refractivity contribution in [2.75, 3.05) is 37.9 Å². The fourth-order valence-electron chi connectivity index (χ4n) is 4.63. The lowest BCUT2D eigenvalue weighted by atomic mass is 10.0. The van der Waals surface area contributed by atoms with Gasteiger partial charge in [0.2, 0.25) is 5.91 Å². The van der Waals surface area contributed by atoms with E-state index in [4.69, 9.17) is 29.9 Å². The van der Waals surface area contributed by atoms with Gasteiger partial charge in [-0.15, -0.1) is 0 Å². The lowest BCUT2D eigenvalue weighted by Crippen LogP contribution is -2.48. The van der Waals surface area contributed by atoms with E-state index >= 15 is 8.78 Å². The van der Waals surface area contributed by atoms with Crippen LogP contribution in [-0.4, -0.2) is 64.9 Å². The van der Waals surface area contributed by atoms with Crippen molar-refractivity contribution >= 4 is 42.1 Å². The van der Waals surface area contributed by atoms with Gasteiger partial charge in [-0.05, 0) is 65.8 Å². The van der Waals surface area contributed by atoms with Crippen LogP contribution in [0.3, 0.4) is 0 Å². The average Bonchev–Trinajstić information content (AvgIpc) is 2.91. The number of anilines is 1. The van der Waals surface area contributed by atoms with Crippen molar-refractivity contribution < 1.29 is 36.4 Å². The molecule has 44 heavy (non-hydrogen) atoms. The Morgan fingerprint density at radius 2 is 1.68 bits per heavy atom. The van der Waals surface area contributed by atoms with Gasteiger partial charge in [-0.25, -0.2) is 27.8 Å². The molecule has 0 aliphatic carbocycles. The number of hydrogen-bond acceptors (Lipinski definition) is 9. The fraction of sp³-hybridized carbons (Fsp3) is 0.433. The van der Waals surface area contributed by atoms with E-state index in [1.165, 1.54) is 30.6 Å². The highest BCUT2D eigenvalue weighted by atomic mass is 35.5. The minimum absolute atomic E-state index is 0.0777. The van der Waals surface area contributed by atoms with Crippen LogP contribution in [0.1, 0.15) is 41.5 Å². The number of phosphoric acid groups is 1. The zero-order chi connectivity index (χ0) is 32.4. The molecule has 1 aromatic heterocycles. The quantitative estimate of drug-likeness (QED) is 0.135. The van der Waals surface area contributed by atoms with E-state index in [-0.39, 0.29) is 33.3 Å². The van der Waals surface area contributed by atoms with Crippen molar-refractivity contribution in [2.45, 2.75) is 52.7 Å². The van der Waals surface area contributed by atoms with E-state index in [0.29, 0.717) is 37.4 Å². The SMILES string of the molecule is C=CC(=O)N1CCN(c2ncnc3c(F)c(-c4c(F)cccc4OCOP(=O)(OC(C)(C)C)OC(C)(C)C)c(Cl)cc23)CC1. The second-order valence-electron chi connectivity index (χ2n) is 12.0. The number of benzene rings is 2. The van der Waals surface area contributed by atoms with E-state index in [9.17, 15) is 9.36 Å². The Balaban J connectivity index is 1.66. The standard InChI is InChI=1S/C30H36ClF2N4O6P/c1-8-23(38)36-12-14-37(15-13-36)28-19-16-20(31)24(26(33)27(19)34-17-35-28)25-21(32)10-9-11-22(25)40-18-41-44(39,42-29(2,3)4)43-30(5,6)7/h8-11,16-17H,1,12-15,18H2,2-7H3. The Bertz CT molecular complexity index is 1580. The Hall–Kier alpha value is -3.15. The first-order valence-electron chi connectivity index (χ1n) is 13.9. The van der Waals surface area contributed by atoms with Gasteiger partial charge >= 0.3 is 7.82 Å². The highest BCUT2D eigenvalue weighted by Gasteiger charge is 2.37. The van der Waals surface area contributed by atoms with Crippen LogP contribution in [0.25, 0.3) is 22.0 Å². The number of fused-ring (bicyclic) bond motifs is 1. The summed E-state index contributed by atoms with van der Waals surface area (Å²) in [4.78, 5) is 24.0. The molecule has 238 valence electrons. The monoisotopic (exact) mass is 652 g/mol. The maximum absolute atomic E-state index is 16.2. The minimum atomic E-state index is -4.15. The van der Waals surface area contributed by atoms with Crippen molar-refractivity contribution in [3.05, 3.63) is 59.9 Å². The fourth-order valence-corrected chi connectivity index (χ4v) is 6.58. The van der Waals surface area contributed by atoms with Crippen molar-refractivity contribution in [1.29, 1.82) is 0 Å². The van der Waals surface area contributed by atoms with Crippen LogP contribution in [0.4, 0.5) is 14.6 Å². The van der Waals surface area contributed by atoms with Crippen LogP contribution >= 0.6 is 19.4 Å². The van der Waals surface area contributed by atoms with Crippen LogP contribution in [0, 0.1) is 11.6 Å². The largest absolute Gasteiger partial charge is 0.478 e. The predicted octanol–water partition coefficient (Wildman–Crippen LogP) is 7.15. The number of halogens is 3. The van der Waals surface area contributed by atoms with E-state index in [0.717, 1.165) is 6.07 Å². The molecule has 2 aromatic carbocycles. The lowest BCUT2D eigenvalue weighted by molar-refractivity contribution is -0.126. The summed E-state index contributed by atoms with van der Waals surface area (Å²) in [6.45, 7) is 14.7. The molecule has 3 aromatic rings. The van der Waals surface area contributed by atoms with Gasteiger partial charge in [-0.3, -0.25) is 13.8 Å². The van der Waals surface area contributed by atoms with Gasteiger partial charge in [-0.2, -0.15) is 0 Å². The molecule has 2 heterocycles. The van der Waals surface area contributed by atoms with Gasteiger partial charge in [0.15, 0.2) is 12.6 Å². The van der Waals surface area contributed by atoms with Crippen LogP contribution in [0.2, 0.25) is 5.02 Å². The van der Waals surface area contributed by atoms with Gasteiger partial charge in [-0.1, -0.05) is 24.2 Å². The molecule has 1 aliphatic heterocycles. The maximum Gasteiger partial charge on any atom is 0.478 e. The van der Waals surface area contributed by atoms with E-state index in [1.54, 1.807) is 46.4 Å². The number of amides is 1. The first kappa shape index (κ1) is 33.7. The molecule has 10 nitrogen and oxygen atoms in total. The molecule has 0 unspecified atom stereocenters. The van der Waals surface area contributed by atoms with Crippen LogP contribution in [-0.2, 0) is 22.9 Å². The third-order valence-corrected chi connectivity index (χ3v) is 8.55. The molecule has 1 aliphatic rings. The maximum atomic E-state index is 16.2. The number of nitrogens with zero attached hydrogens (tertiary/aromatic N) is 4.